The molecule has 3 N–H and O–H groups in total. The average Bonchev–Trinajstić information content (AvgIpc) is 2.88. The van der Waals surface area contributed by atoms with Crippen LogP contribution < -0.4 is 15.8 Å². The fourth-order valence-corrected chi connectivity index (χ4v) is 4.52. The Kier molecular flexibility index (Phi) is 11.0. The van der Waals surface area contributed by atoms with Gasteiger partial charge in [-0.15, -0.1) is 11.6 Å². The van der Waals surface area contributed by atoms with Gasteiger partial charge in [-0.05, 0) is 53.0 Å². The standard InChI is InChI=1S/C33H47ClN2O4/c1-10-32(6,7)23-20-24(33(8,9)11-2)26(40-18-17-25(34)29(35)38)19-22(23)27(28(37)31(3,4)5)30(39)36-21-15-13-12-14-16-21/h12-16,19-20,25,27H,10-11,17-18H2,1-9H3,(H2,35,38)(H,36,39). The number of hydrogen-bond donors (Lipinski definition) is 2. The quantitative estimate of drug-likeness (QED) is 0.195. The molecule has 0 fully saturated rings. The van der Waals surface area contributed by atoms with Gasteiger partial charge in [0.05, 0.1) is 6.61 Å². The molecule has 0 aliphatic carbocycles. The maximum Gasteiger partial charge on any atom is 0.239 e. The number of carbonyl (C=O) groups is 3. The van der Waals surface area contributed by atoms with Gasteiger partial charge in [0.15, 0.2) is 5.78 Å². The van der Waals surface area contributed by atoms with Crippen molar-refractivity contribution in [3.05, 3.63) is 59.2 Å². The van der Waals surface area contributed by atoms with E-state index in [9.17, 15) is 14.4 Å². The van der Waals surface area contributed by atoms with E-state index in [4.69, 9.17) is 22.1 Å². The number of benzene rings is 2. The average molecular weight is 571 g/mol. The number of alkyl halides is 1. The normalized spacial score (nSPS) is 13.8. The Bertz CT molecular complexity index is 1200. The van der Waals surface area contributed by atoms with E-state index in [0.29, 0.717) is 17.0 Å². The summed E-state index contributed by atoms with van der Waals surface area (Å²) < 4.78 is 6.27. The second kappa shape index (κ2) is 13.2. The number of nitrogens with two attached hydrogens (primary N) is 1. The van der Waals surface area contributed by atoms with Crippen molar-refractivity contribution in [1.29, 1.82) is 0 Å². The van der Waals surface area contributed by atoms with Crippen LogP contribution >= 0.6 is 11.6 Å². The van der Waals surface area contributed by atoms with Gasteiger partial charge in [0.1, 0.15) is 17.0 Å². The lowest BCUT2D eigenvalue weighted by atomic mass is 9.70. The van der Waals surface area contributed by atoms with Crippen molar-refractivity contribution in [2.45, 2.75) is 104 Å². The van der Waals surface area contributed by atoms with Gasteiger partial charge < -0.3 is 15.8 Å². The molecule has 220 valence electrons. The summed E-state index contributed by atoms with van der Waals surface area (Å²) in [5.74, 6) is -1.66. The van der Waals surface area contributed by atoms with Gasteiger partial charge >= 0.3 is 0 Å². The topological polar surface area (TPSA) is 98.5 Å². The molecule has 2 amide bonds. The Morgan fingerprint density at radius 2 is 1.45 bits per heavy atom. The molecule has 0 aliphatic heterocycles. The third kappa shape index (κ3) is 8.09. The summed E-state index contributed by atoms with van der Waals surface area (Å²) >= 11 is 6.08. The lowest BCUT2D eigenvalue weighted by molar-refractivity contribution is -0.133. The molecule has 0 saturated heterocycles. The number of halogens is 1. The zero-order valence-electron chi connectivity index (χ0n) is 25.6. The Hall–Kier alpha value is -2.86. The van der Waals surface area contributed by atoms with E-state index in [0.717, 1.165) is 24.0 Å². The van der Waals surface area contributed by atoms with Crippen molar-refractivity contribution >= 4 is 34.9 Å². The van der Waals surface area contributed by atoms with Gasteiger partial charge in [-0.2, -0.15) is 0 Å². The molecule has 2 aromatic rings. The molecule has 2 unspecified atom stereocenters. The highest BCUT2D eigenvalue weighted by Crippen LogP contribution is 2.44. The minimum Gasteiger partial charge on any atom is -0.493 e. The van der Waals surface area contributed by atoms with E-state index in [-0.39, 0.29) is 35.5 Å². The first kappa shape index (κ1) is 33.3. The van der Waals surface area contributed by atoms with Gasteiger partial charge in [0.25, 0.3) is 0 Å². The lowest BCUT2D eigenvalue weighted by Crippen LogP contribution is -2.37. The van der Waals surface area contributed by atoms with E-state index in [1.807, 2.05) is 45.0 Å². The van der Waals surface area contributed by atoms with Crippen LogP contribution in [0.2, 0.25) is 0 Å². The number of nitrogens with one attached hydrogen (secondary N) is 1. The number of primary amides is 1. The van der Waals surface area contributed by atoms with Crippen LogP contribution in [-0.2, 0) is 25.2 Å². The van der Waals surface area contributed by atoms with Crippen molar-refractivity contribution in [2.24, 2.45) is 11.1 Å². The summed E-state index contributed by atoms with van der Waals surface area (Å²) in [6.07, 6.45) is 1.88. The summed E-state index contributed by atoms with van der Waals surface area (Å²) in [5, 5.41) is 2.11. The first-order chi connectivity index (χ1) is 18.5. The predicted octanol–water partition coefficient (Wildman–Crippen LogP) is 7.26. The van der Waals surface area contributed by atoms with E-state index >= 15 is 0 Å². The highest BCUT2D eigenvalue weighted by Gasteiger charge is 2.40. The number of ketones is 1. The summed E-state index contributed by atoms with van der Waals surface area (Å²) in [4.78, 5) is 39.5. The van der Waals surface area contributed by atoms with Crippen molar-refractivity contribution in [1.82, 2.24) is 0 Å². The largest absolute Gasteiger partial charge is 0.493 e. The van der Waals surface area contributed by atoms with Crippen LogP contribution in [-0.4, -0.2) is 29.6 Å². The number of ether oxygens (including phenoxy) is 1. The molecule has 0 radical (unpaired) electrons. The van der Waals surface area contributed by atoms with Crippen LogP contribution in [0.3, 0.4) is 0 Å². The van der Waals surface area contributed by atoms with Gasteiger partial charge in [0, 0.05) is 23.1 Å². The number of anilines is 1. The van der Waals surface area contributed by atoms with Crippen LogP contribution in [0.5, 0.6) is 5.75 Å². The fourth-order valence-electron chi connectivity index (χ4n) is 4.43. The molecule has 2 aromatic carbocycles. The lowest BCUT2D eigenvalue weighted by Gasteiger charge is -2.35. The minimum atomic E-state index is -1.06. The van der Waals surface area contributed by atoms with Crippen LogP contribution in [0, 0.1) is 5.41 Å². The Morgan fingerprint density at radius 1 is 0.900 bits per heavy atom. The number of para-hydroxylation sites is 1. The van der Waals surface area contributed by atoms with Gasteiger partial charge in [-0.3, -0.25) is 14.4 Å². The molecule has 2 rings (SSSR count). The minimum absolute atomic E-state index is 0.161. The first-order valence-corrected chi connectivity index (χ1v) is 14.5. The van der Waals surface area contributed by atoms with E-state index in [1.54, 1.807) is 12.1 Å². The molecule has 0 aromatic heterocycles. The fraction of sp³-hybridized carbons (Fsp3) is 0.545. The monoisotopic (exact) mass is 570 g/mol. The maximum absolute atomic E-state index is 14.0. The van der Waals surface area contributed by atoms with Crippen LogP contribution in [0.1, 0.15) is 104 Å². The summed E-state index contributed by atoms with van der Waals surface area (Å²) in [6, 6.07) is 13.1. The van der Waals surface area contributed by atoms with Crippen LogP contribution in [0.15, 0.2) is 42.5 Å². The molecular weight excluding hydrogens is 524 g/mol. The van der Waals surface area contributed by atoms with Crippen LogP contribution in [0.25, 0.3) is 0 Å². The number of carbonyl (C=O) groups excluding carboxylic acids is 3. The Morgan fingerprint density at radius 3 is 1.95 bits per heavy atom. The van der Waals surface area contributed by atoms with Gasteiger partial charge in [0.2, 0.25) is 11.8 Å². The SMILES string of the molecule is CCC(C)(C)c1cc(C(C)(C)CC)c(C(C(=O)Nc2ccccc2)C(=O)C(C)(C)C)cc1OCCC(Cl)C(N)=O. The van der Waals surface area contributed by atoms with Crippen LogP contribution in [0.4, 0.5) is 5.69 Å². The zero-order valence-corrected chi connectivity index (χ0v) is 26.4. The van der Waals surface area contributed by atoms with E-state index in [2.05, 4.69) is 52.9 Å². The molecule has 0 bridgehead atoms. The van der Waals surface area contributed by atoms with E-state index < -0.39 is 22.6 Å². The number of amides is 2. The second-order valence-corrected chi connectivity index (χ2v) is 13.3. The van der Waals surface area contributed by atoms with Gasteiger partial charge in [-0.1, -0.05) is 86.6 Å². The maximum atomic E-state index is 14.0. The molecule has 2 atom stereocenters. The molecule has 0 heterocycles. The summed E-state index contributed by atoms with van der Waals surface area (Å²) in [6.45, 7) is 18.4. The van der Waals surface area contributed by atoms with Crippen molar-refractivity contribution < 1.29 is 19.1 Å². The Labute approximate surface area is 245 Å². The smallest absolute Gasteiger partial charge is 0.239 e. The molecule has 40 heavy (non-hydrogen) atoms. The first-order valence-electron chi connectivity index (χ1n) is 14.1. The Balaban J connectivity index is 2.83. The molecule has 0 saturated carbocycles. The third-order valence-electron chi connectivity index (χ3n) is 7.93. The summed E-state index contributed by atoms with van der Waals surface area (Å²) in [5.41, 5.74) is 7.15. The number of rotatable bonds is 13. The molecule has 7 heteroatoms. The molecular formula is C33H47ClN2O4. The zero-order chi connectivity index (χ0) is 30.5. The number of hydrogen-bond acceptors (Lipinski definition) is 4. The summed E-state index contributed by atoms with van der Waals surface area (Å²) in [7, 11) is 0. The van der Waals surface area contributed by atoms with E-state index in [1.165, 1.54) is 0 Å². The molecule has 6 nitrogen and oxygen atoms in total. The van der Waals surface area contributed by atoms with Crippen molar-refractivity contribution in [3.63, 3.8) is 0 Å². The third-order valence-corrected chi connectivity index (χ3v) is 8.36. The molecule has 0 spiro atoms. The molecule has 0 aliphatic rings. The van der Waals surface area contributed by atoms with Gasteiger partial charge in [-0.25, -0.2) is 0 Å². The number of Topliss-reactive ketones (excluding diaryl/α,β-unsaturated/α-hetero) is 1. The highest BCUT2D eigenvalue weighted by molar-refractivity contribution is 6.30. The second-order valence-electron chi connectivity index (χ2n) is 12.8. The highest BCUT2D eigenvalue weighted by atomic mass is 35.5. The van der Waals surface area contributed by atoms with Crippen molar-refractivity contribution in [2.75, 3.05) is 11.9 Å². The predicted molar refractivity (Wildman–Crippen MR) is 164 cm³/mol. The van der Waals surface area contributed by atoms with Crippen molar-refractivity contribution in [3.8, 4) is 5.75 Å².